The van der Waals surface area contributed by atoms with E-state index in [0.717, 1.165) is 62.1 Å². The summed E-state index contributed by atoms with van der Waals surface area (Å²) in [4.78, 5) is 2.18. The monoisotopic (exact) mass is 552 g/mol. The first-order chi connectivity index (χ1) is 17.1. The minimum atomic E-state index is -0.977. The van der Waals surface area contributed by atoms with Crippen molar-refractivity contribution in [3.05, 3.63) is 107 Å². The Bertz CT molecular complexity index is 991. The summed E-state index contributed by atoms with van der Waals surface area (Å²) in [5, 5.41) is 15.1. The predicted octanol–water partition coefficient (Wildman–Crippen LogP) is 6.23. The van der Waals surface area contributed by atoms with Gasteiger partial charge in [0.25, 0.3) is 0 Å². The summed E-state index contributed by atoms with van der Waals surface area (Å²) in [6.45, 7) is 3.88. The van der Waals surface area contributed by atoms with Gasteiger partial charge in [-0.25, -0.2) is 8.78 Å². The lowest BCUT2D eigenvalue weighted by Crippen LogP contribution is -2.54. The normalized spacial score (nSPS) is 15.5. The second-order valence-electron chi connectivity index (χ2n) is 9.08. The number of aliphatic hydroxyl groups is 1. The summed E-state index contributed by atoms with van der Waals surface area (Å²) in [5.41, 5.74) is 1.62. The predicted molar refractivity (Wildman–Crippen MR) is 148 cm³/mol. The molecule has 0 bridgehead atoms. The highest BCUT2D eigenvalue weighted by molar-refractivity contribution is 5.85. The molecule has 1 saturated heterocycles. The third-order valence-corrected chi connectivity index (χ3v) is 6.68. The standard InChI is InChI=1S/C29H34F2N2O2.2ClH/c30-26-13-9-23(10-14-26)28(24-11-15-27(31)16-12-24)35-22-6-2-5-17-29(34,25-7-3-1-4-8-25)33-20-18-32-19-21-33;;/h1,3-4,7-16,28,32,34H,2,5-6,17-22H2;2*1H. The zero-order chi connectivity index (χ0) is 24.5. The second kappa shape index (κ2) is 15.4. The van der Waals surface area contributed by atoms with Crippen LogP contribution in [-0.2, 0) is 10.5 Å². The van der Waals surface area contributed by atoms with Crippen LogP contribution < -0.4 is 5.32 Å². The van der Waals surface area contributed by atoms with Crippen molar-refractivity contribution in [2.75, 3.05) is 32.8 Å². The van der Waals surface area contributed by atoms with Gasteiger partial charge in [0.1, 0.15) is 23.5 Å². The average Bonchev–Trinajstić information content (AvgIpc) is 2.90. The largest absolute Gasteiger partial charge is 0.371 e. The molecule has 1 fully saturated rings. The van der Waals surface area contributed by atoms with Crippen molar-refractivity contribution in [3.63, 3.8) is 0 Å². The molecule has 202 valence electrons. The lowest BCUT2D eigenvalue weighted by Gasteiger charge is -2.42. The molecule has 1 unspecified atom stereocenters. The van der Waals surface area contributed by atoms with E-state index in [1.807, 2.05) is 30.3 Å². The third-order valence-electron chi connectivity index (χ3n) is 6.68. The van der Waals surface area contributed by atoms with E-state index >= 15 is 0 Å². The number of nitrogens with zero attached hydrogens (tertiary/aromatic N) is 1. The minimum absolute atomic E-state index is 0. The maximum Gasteiger partial charge on any atom is 0.144 e. The summed E-state index contributed by atoms with van der Waals surface area (Å²) in [7, 11) is 0. The molecule has 1 aliphatic rings. The molecule has 0 spiro atoms. The highest BCUT2D eigenvalue weighted by Gasteiger charge is 2.36. The van der Waals surface area contributed by atoms with Gasteiger partial charge in [0, 0.05) is 32.8 Å². The minimum Gasteiger partial charge on any atom is -0.371 e. The van der Waals surface area contributed by atoms with Crippen LogP contribution in [-0.4, -0.2) is 42.8 Å². The number of benzene rings is 3. The first-order valence-corrected chi connectivity index (χ1v) is 12.4. The topological polar surface area (TPSA) is 44.7 Å². The van der Waals surface area contributed by atoms with Crippen LogP contribution in [0.15, 0.2) is 78.9 Å². The average molecular weight is 554 g/mol. The van der Waals surface area contributed by atoms with E-state index in [0.29, 0.717) is 13.0 Å². The maximum absolute atomic E-state index is 13.4. The molecule has 1 aliphatic heterocycles. The van der Waals surface area contributed by atoms with Crippen molar-refractivity contribution in [1.82, 2.24) is 10.2 Å². The van der Waals surface area contributed by atoms with Crippen LogP contribution in [0.5, 0.6) is 0 Å². The van der Waals surface area contributed by atoms with Crippen LogP contribution in [0.2, 0.25) is 0 Å². The summed E-state index contributed by atoms with van der Waals surface area (Å²) < 4.78 is 33.1. The molecular weight excluding hydrogens is 517 g/mol. The van der Waals surface area contributed by atoms with Gasteiger partial charge in [0.2, 0.25) is 0 Å². The third kappa shape index (κ3) is 8.47. The molecule has 0 saturated carbocycles. The number of hydrogen-bond donors (Lipinski definition) is 2. The lowest BCUT2D eigenvalue weighted by atomic mass is 9.94. The van der Waals surface area contributed by atoms with E-state index in [1.165, 1.54) is 24.3 Å². The van der Waals surface area contributed by atoms with E-state index in [1.54, 1.807) is 24.3 Å². The van der Waals surface area contributed by atoms with Crippen LogP contribution in [0.25, 0.3) is 0 Å². The smallest absolute Gasteiger partial charge is 0.144 e. The van der Waals surface area contributed by atoms with Crippen molar-refractivity contribution in [1.29, 1.82) is 0 Å². The fraction of sp³-hybridized carbons (Fsp3) is 0.379. The Morgan fingerprint density at radius 3 is 1.86 bits per heavy atom. The van der Waals surface area contributed by atoms with Gasteiger partial charge in [-0.3, -0.25) is 4.90 Å². The van der Waals surface area contributed by atoms with Crippen LogP contribution in [0.3, 0.4) is 0 Å². The van der Waals surface area contributed by atoms with E-state index in [2.05, 4.69) is 10.2 Å². The highest BCUT2D eigenvalue weighted by Crippen LogP contribution is 2.32. The van der Waals surface area contributed by atoms with E-state index in [4.69, 9.17) is 4.74 Å². The van der Waals surface area contributed by atoms with E-state index < -0.39 is 11.8 Å². The molecule has 1 atom stereocenters. The molecule has 8 heteroatoms. The number of unbranched alkanes of at least 4 members (excludes halogenated alkanes) is 2. The van der Waals surface area contributed by atoms with Gasteiger partial charge in [-0.1, -0.05) is 61.0 Å². The summed E-state index contributed by atoms with van der Waals surface area (Å²) in [6.07, 6.45) is 2.84. The van der Waals surface area contributed by atoms with Crippen LogP contribution >= 0.6 is 24.8 Å². The molecule has 0 radical (unpaired) electrons. The van der Waals surface area contributed by atoms with Crippen molar-refractivity contribution in [2.45, 2.75) is 37.5 Å². The zero-order valence-corrected chi connectivity index (χ0v) is 22.5. The van der Waals surface area contributed by atoms with Crippen LogP contribution in [0, 0.1) is 11.6 Å². The fourth-order valence-electron chi connectivity index (χ4n) is 4.74. The van der Waals surface area contributed by atoms with Crippen molar-refractivity contribution >= 4 is 24.8 Å². The van der Waals surface area contributed by atoms with Gasteiger partial charge in [0.15, 0.2) is 0 Å². The first-order valence-electron chi connectivity index (χ1n) is 12.4. The number of rotatable bonds is 11. The van der Waals surface area contributed by atoms with E-state index in [9.17, 15) is 13.9 Å². The quantitative estimate of drug-likeness (QED) is 0.277. The Kier molecular flexibility index (Phi) is 12.9. The Morgan fingerprint density at radius 1 is 0.784 bits per heavy atom. The molecule has 2 N–H and O–H groups in total. The summed E-state index contributed by atoms with van der Waals surface area (Å²) >= 11 is 0. The van der Waals surface area contributed by atoms with Gasteiger partial charge in [-0.2, -0.15) is 0 Å². The molecule has 0 aliphatic carbocycles. The molecule has 0 aromatic heterocycles. The lowest BCUT2D eigenvalue weighted by molar-refractivity contribution is -0.128. The SMILES string of the molecule is Cl.Cl.OC(CCCCCOC(c1ccc(F)cc1)c1ccc(F)cc1)(c1ccccc1)N1CCNCC1. The molecule has 3 aromatic carbocycles. The number of nitrogens with one attached hydrogen (secondary N) is 1. The maximum atomic E-state index is 13.4. The highest BCUT2D eigenvalue weighted by atomic mass is 35.5. The van der Waals surface area contributed by atoms with E-state index in [-0.39, 0.29) is 36.4 Å². The first kappa shape index (κ1) is 31.2. The van der Waals surface area contributed by atoms with Crippen LogP contribution in [0.4, 0.5) is 8.78 Å². The zero-order valence-electron chi connectivity index (χ0n) is 20.8. The Labute approximate surface area is 230 Å². The molecule has 4 nitrogen and oxygen atoms in total. The number of ether oxygens (including phenoxy) is 1. The number of hydrogen-bond acceptors (Lipinski definition) is 4. The van der Waals surface area contributed by atoms with Gasteiger partial charge >= 0.3 is 0 Å². The molecule has 3 aromatic rings. The Hall–Kier alpha value is -2.06. The van der Waals surface area contributed by atoms with Gasteiger partial charge in [-0.15, -0.1) is 24.8 Å². The second-order valence-corrected chi connectivity index (χ2v) is 9.08. The summed E-state index contributed by atoms with van der Waals surface area (Å²) in [5.74, 6) is -0.607. The van der Waals surface area contributed by atoms with Crippen molar-refractivity contribution < 1.29 is 18.6 Å². The molecule has 1 heterocycles. The molecule has 37 heavy (non-hydrogen) atoms. The van der Waals surface area contributed by atoms with Crippen molar-refractivity contribution in [3.8, 4) is 0 Å². The molecule has 0 amide bonds. The fourth-order valence-corrected chi connectivity index (χ4v) is 4.74. The summed E-state index contributed by atoms with van der Waals surface area (Å²) in [6, 6.07) is 22.4. The van der Waals surface area contributed by atoms with Crippen LogP contribution in [0.1, 0.15) is 48.5 Å². The number of piperazine rings is 1. The Morgan fingerprint density at radius 2 is 1.32 bits per heavy atom. The van der Waals surface area contributed by atoms with Gasteiger partial charge < -0.3 is 15.2 Å². The van der Waals surface area contributed by atoms with Gasteiger partial charge in [-0.05, 0) is 60.2 Å². The Balaban J connectivity index is 0.00000241. The molecule has 4 rings (SSSR count). The number of halogens is 4. The van der Waals surface area contributed by atoms with Gasteiger partial charge in [0.05, 0.1) is 0 Å². The molecular formula is C29H36Cl2F2N2O2. The van der Waals surface area contributed by atoms with Crippen molar-refractivity contribution in [2.24, 2.45) is 0 Å².